The van der Waals surface area contributed by atoms with Crippen LogP contribution in [0.1, 0.15) is 56.5 Å². The van der Waals surface area contributed by atoms with Crippen LogP contribution in [0.15, 0.2) is 78.9 Å². The molecule has 0 fully saturated rings. The molecule has 2 heterocycles. The zero-order chi connectivity index (χ0) is 42.8. The Labute approximate surface area is 343 Å². The van der Waals surface area contributed by atoms with Crippen molar-refractivity contribution in [2.24, 2.45) is 23.5 Å². The van der Waals surface area contributed by atoms with Crippen molar-refractivity contribution < 1.29 is 39.0 Å². The number of nitrogens with two attached hydrogens (primary N) is 1. The summed E-state index contributed by atoms with van der Waals surface area (Å²) < 4.78 is 0. The first-order valence-electron chi connectivity index (χ1n) is 20.0. The van der Waals surface area contributed by atoms with Crippen LogP contribution in [0.4, 0.5) is 0 Å². The second kappa shape index (κ2) is 20.0. The number of aromatic hydroxyl groups is 1. The molecule has 0 saturated carbocycles. The SMILES string of the molecule is CCC(C)[C@H](NC(=O)[C@H](Cc1ccc(O)cc1)NC(=O)[C@@H](CN)C(C)C)C(=O)NC1Cc2c([nH]c3ccccc23)CN(CC(=O)NC(Cc2ccccc2)C(=O)O)C1=O. The maximum atomic E-state index is 14.4. The van der Waals surface area contributed by atoms with Crippen LogP contribution in [-0.2, 0) is 54.6 Å². The third-order valence-electron chi connectivity index (χ3n) is 11.0. The molecule has 6 atom stereocenters. The lowest BCUT2D eigenvalue weighted by molar-refractivity contribution is -0.143. The van der Waals surface area contributed by atoms with Gasteiger partial charge in [0.1, 0.15) is 36.5 Å². The van der Waals surface area contributed by atoms with Crippen LogP contribution in [0.25, 0.3) is 10.9 Å². The first-order chi connectivity index (χ1) is 28.2. The molecule has 314 valence electrons. The molecule has 0 radical (unpaired) electrons. The van der Waals surface area contributed by atoms with Crippen molar-refractivity contribution in [1.29, 1.82) is 0 Å². The minimum Gasteiger partial charge on any atom is -0.508 e. The van der Waals surface area contributed by atoms with Gasteiger partial charge in [0.2, 0.25) is 29.5 Å². The molecule has 15 heteroatoms. The van der Waals surface area contributed by atoms with Gasteiger partial charge >= 0.3 is 5.97 Å². The van der Waals surface area contributed by atoms with Crippen LogP contribution in [-0.4, -0.2) is 92.9 Å². The van der Waals surface area contributed by atoms with Crippen molar-refractivity contribution in [3.63, 3.8) is 0 Å². The monoisotopic (exact) mass is 809 g/mol. The van der Waals surface area contributed by atoms with Crippen LogP contribution < -0.4 is 27.0 Å². The van der Waals surface area contributed by atoms with E-state index in [2.05, 4.69) is 26.3 Å². The molecule has 0 bridgehead atoms. The number of nitrogens with zero attached hydrogens (tertiary/aromatic N) is 1. The number of carboxylic acids is 1. The number of phenolic OH excluding ortho intramolecular Hbond substituents is 1. The molecule has 3 aromatic carbocycles. The molecule has 4 aromatic rings. The Kier molecular flexibility index (Phi) is 14.9. The number of para-hydroxylation sites is 1. The molecular weight excluding hydrogens is 755 g/mol. The average molecular weight is 810 g/mol. The predicted molar refractivity (Wildman–Crippen MR) is 222 cm³/mol. The zero-order valence-corrected chi connectivity index (χ0v) is 33.9. The number of amides is 5. The van der Waals surface area contributed by atoms with E-state index in [1.54, 1.807) is 49.4 Å². The van der Waals surface area contributed by atoms with E-state index in [0.717, 1.165) is 16.5 Å². The van der Waals surface area contributed by atoms with Crippen molar-refractivity contribution in [1.82, 2.24) is 31.2 Å². The van der Waals surface area contributed by atoms with Crippen molar-refractivity contribution in [2.75, 3.05) is 13.1 Å². The lowest BCUT2D eigenvalue weighted by atomic mass is 9.93. The number of benzene rings is 3. The lowest BCUT2D eigenvalue weighted by Gasteiger charge is -2.30. The van der Waals surface area contributed by atoms with Gasteiger partial charge in [-0.15, -0.1) is 0 Å². The number of aromatic amines is 1. The summed E-state index contributed by atoms with van der Waals surface area (Å²) in [6.45, 7) is 6.94. The molecule has 9 N–H and O–H groups in total. The number of aliphatic carboxylic acids is 1. The third-order valence-corrected chi connectivity index (χ3v) is 11.0. The van der Waals surface area contributed by atoms with Crippen LogP contribution in [0.3, 0.4) is 0 Å². The van der Waals surface area contributed by atoms with Crippen LogP contribution >= 0.6 is 0 Å². The number of rotatable bonds is 18. The van der Waals surface area contributed by atoms with Gasteiger partial charge in [0, 0.05) is 42.4 Å². The quantitative estimate of drug-likeness (QED) is 0.0737. The van der Waals surface area contributed by atoms with Gasteiger partial charge in [0.25, 0.3) is 0 Å². The van der Waals surface area contributed by atoms with Crippen LogP contribution in [0.5, 0.6) is 5.75 Å². The number of nitrogens with one attached hydrogen (secondary N) is 5. The molecule has 1 aliphatic heterocycles. The van der Waals surface area contributed by atoms with E-state index >= 15 is 0 Å². The molecule has 5 amide bonds. The topological polar surface area (TPSA) is 236 Å². The predicted octanol–water partition coefficient (Wildman–Crippen LogP) is 2.54. The Balaban J connectivity index is 1.39. The fraction of sp³-hybridized carbons (Fsp3) is 0.409. The van der Waals surface area contributed by atoms with Gasteiger partial charge in [0.05, 0.1) is 12.5 Å². The number of H-pyrrole nitrogens is 1. The Morgan fingerprint density at radius 3 is 2.12 bits per heavy atom. The fourth-order valence-electron chi connectivity index (χ4n) is 7.37. The molecule has 1 aliphatic rings. The summed E-state index contributed by atoms with van der Waals surface area (Å²) in [4.78, 5) is 86.5. The standard InChI is InChI=1S/C44H55N7O8/c1-5-26(4)39(50-41(55)34(19-28-15-17-29(52)18-16-28)48-40(54)32(22-45)25(2)3)42(56)49-35-21-31-30-13-9-10-14-33(30)46-37(31)23-51(43(35)57)24-38(53)47-36(44(58)59)20-27-11-7-6-8-12-27/h6-18,25-26,32,34-36,39,46,52H,5,19-24,45H2,1-4H3,(H,47,53)(H,48,54)(H,49,56)(H,50,55)(H,58,59)/t26?,32-,34-,35?,36?,39-/m0/s1. The lowest BCUT2D eigenvalue weighted by Crippen LogP contribution is -2.60. The van der Waals surface area contributed by atoms with E-state index in [1.165, 1.54) is 17.0 Å². The number of carbonyl (C=O) groups is 6. The Morgan fingerprint density at radius 1 is 0.831 bits per heavy atom. The molecule has 0 spiro atoms. The van der Waals surface area contributed by atoms with Gasteiger partial charge in [0.15, 0.2) is 0 Å². The molecule has 0 aliphatic carbocycles. The number of carboxylic acid groups (broad SMARTS) is 1. The number of phenols is 1. The highest BCUT2D eigenvalue weighted by Gasteiger charge is 2.38. The summed E-state index contributed by atoms with van der Waals surface area (Å²) in [7, 11) is 0. The molecule has 15 nitrogen and oxygen atoms in total. The molecule has 0 saturated heterocycles. The van der Waals surface area contributed by atoms with Gasteiger partial charge < -0.3 is 47.1 Å². The molecular formula is C44H55N7O8. The van der Waals surface area contributed by atoms with Gasteiger partial charge in [-0.3, -0.25) is 24.0 Å². The smallest absolute Gasteiger partial charge is 0.326 e. The number of hydrogen-bond acceptors (Lipinski definition) is 8. The molecule has 3 unspecified atom stereocenters. The van der Waals surface area contributed by atoms with E-state index in [0.29, 0.717) is 23.2 Å². The summed E-state index contributed by atoms with van der Waals surface area (Å²) in [5.41, 5.74) is 9.52. The van der Waals surface area contributed by atoms with Crippen molar-refractivity contribution >= 4 is 46.4 Å². The van der Waals surface area contributed by atoms with E-state index < -0.39 is 78.1 Å². The van der Waals surface area contributed by atoms with Gasteiger partial charge in [-0.1, -0.05) is 94.8 Å². The summed E-state index contributed by atoms with van der Waals surface area (Å²) in [5, 5.41) is 31.7. The Bertz CT molecular complexity index is 2120. The van der Waals surface area contributed by atoms with Crippen molar-refractivity contribution in [3.05, 3.63) is 101 Å². The number of carbonyl (C=O) groups excluding carboxylic acids is 5. The molecule has 5 rings (SSSR count). The zero-order valence-electron chi connectivity index (χ0n) is 33.9. The summed E-state index contributed by atoms with van der Waals surface area (Å²) >= 11 is 0. The maximum absolute atomic E-state index is 14.4. The van der Waals surface area contributed by atoms with Gasteiger partial charge in [-0.05, 0) is 46.7 Å². The maximum Gasteiger partial charge on any atom is 0.326 e. The Morgan fingerprint density at radius 2 is 1.47 bits per heavy atom. The Hall–Kier alpha value is -6.22. The van der Waals surface area contributed by atoms with Gasteiger partial charge in [-0.25, -0.2) is 4.79 Å². The van der Waals surface area contributed by atoms with E-state index in [9.17, 15) is 39.0 Å². The van der Waals surface area contributed by atoms with Crippen molar-refractivity contribution in [2.45, 2.75) is 84.1 Å². The largest absolute Gasteiger partial charge is 0.508 e. The first kappa shape index (κ1) is 43.9. The highest BCUT2D eigenvalue weighted by atomic mass is 16.4. The summed E-state index contributed by atoms with van der Waals surface area (Å²) in [6, 6.07) is 17.9. The molecule has 59 heavy (non-hydrogen) atoms. The number of hydrogen-bond donors (Lipinski definition) is 8. The highest BCUT2D eigenvalue weighted by Crippen LogP contribution is 2.28. The minimum absolute atomic E-state index is 0.0105. The number of fused-ring (bicyclic) bond motifs is 3. The van der Waals surface area contributed by atoms with Crippen LogP contribution in [0.2, 0.25) is 0 Å². The second-order valence-corrected chi connectivity index (χ2v) is 15.6. The van der Waals surface area contributed by atoms with Gasteiger partial charge in [-0.2, -0.15) is 0 Å². The number of aromatic nitrogens is 1. The van der Waals surface area contributed by atoms with Crippen molar-refractivity contribution in [3.8, 4) is 5.75 Å². The minimum atomic E-state index is -1.25. The average Bonchev–Trinajstić information content (AvgIpc) is 3.49. The highest BCUT2D eigenvalue weighted by molar-refractivity contribution is 5.97. The second-order valence-electron chi connectivity index (χ2n) is 15.6. The summed E-state index contributed by atoms with van der Waals surface area (Å²) in [5.74, 6) is -5.21. The van der Waals surface area contributed by atoms with E-state index in [-0.39, 0.29) is 44.0 Å². The van der Waals surface area contributed by atoms with E-state index in [4.69, 9.17) is 5.73 Å². The molecule has 1 aromatic heterocycles. The normalized spacial score (nSPS) is 16.5. The van der Waals surface area contributed by atoms with Crippen LogP contribution in [0, 0.1) is 17.8 Å². The third kappa shape index (κ3) is 11.3. The summed E-state index contributed by atoms with van der Waals surface area (Å²) in [6.07, 6.45) is 0.636. The van der Waals surface area contributed by atoms with E-state index in [1.807, 2.05) is 45.0 Å². The first-order valence-corrected chi connectivity index (χ1v) is 20.0. The fourth-order valence-corrected chi connectivity index (χ4v) is 7.37.